The smallest absolute Gasteiger partial charge is 0.343 e. The van der Waals surface area contributed by atoms with Crippen LogP contribution in [0, 0.1) is 16.0 Å². The van der Waals surface area contributed by atoms with Crippen LogP contribution in [0.25, 0.3) is 0 Å². The second kappa shape index (κ2) is 12.0. The van der Waals surface area contributed by atoms with E-state index in [1.165, 1.54) is 23.3 Å². The first-order valence-electron chi connectivity index (χ1n) is 14.0. The van der Waals surface area contributed by atoms with Crippen molar-refractivity contribution in [1.82, 2.24) is 0 Å². The van der Waals surface area contributed by atoms with Crippen LogP contribution in [0.5, 0.6) is 11.5 Å². The van der Waals surface area contributed by atoms with E-state index in [1.54, 1.807) is 84.9 Å². The van der Waals surface area contributed by atoms with Crippen molar-refractivity contribution in [2.45, 2.75) is 25.5 Å². The van der Waals surface area contributed by atoms with Gasteiger partial charge < -0.3 is 9.47 Å². The van der Waals surface area contributed by atoms with Crippen molar-refractivity contribution in [3.63, 3.8) is 0 Å². The van der Waals surface area contributed by atoms with Crippen LogP contribution < -0.4 is 19.4 Å². The van der Waals surface area contributed by atoms with Crippen LogP contribution in [0.15, 0.2) is 103 Å². The van der Waals surface area contributed by atoms with E-state index in [0.29, 0.717) is 34.9 Å². The van der Waals surface area contributed by atoms with E-state index in [9.17, 15) is 24.5 Å². The minimum absolute atomic E-state index is 0.172. The number of nitro benzene ring substituents is 1. The van der Waals surface area contributed by atoms with Gasteiger partial charge in [0.1, 0.15) is 17.4 Å². The SMILES string of the molecule is CCCOc1ccc(N2C(=O)[C@@H]3[C@H](ON(c4cccc([N+](=O)[O-])c4)[C@@H]3c3ccc(OC(=O)c4ccccc4)cc3)C2=O)cc1. The fourth-order valence-electron chi connectivity index (χ4n) is 5.36. The van der Waals surface area contributed by atoms with Gasteiger partial charge in [-0.05, 0) is 66.6 Å². The lowest BCUT2D eigenvalue weighted by atomic mass is 9.90. The molecule has 6 rings (SSSR count). The van der Waals surface area contributed by atoms with Crippen molar-refractivity contribution < 1.29 is 33.6 Å². The fraction of sp³-hybridized carbons (Fsp3) is 0.182. The van der Waals surface area contributed by atoms with E-state index < -0.39 is 40.8 Å². The van der Waals surface area contributed by atoms with Gasteiger partial charge in [0.2, 0.25) is 5.91 Å². The molecule has 0 spiro atoms. The summed E-state index contributed by atoms with van der Waals surface area (Å²) in [6, 6.07) is 26.7. The van der Waals surface area contributed by atoms with Crippen LogP contribution in [-0.4, -0.2) is 35.4 Å². The van der Waals surface area contributed by atoms with Crippen LogP contribution in [0.1, 0.15) is 35.3 Å². The highest BCUT2D eigenvalue weighted by atomic mass is 16.7. The number of fused-ring (bicyclic) bond motifs is 1. The molecule has 0 aromatic heterocycles. The number of benzene rings is 4. The Morgan fingerprint density at radius 2 is 1.57 bits per heavy atom. The number of non-ortho nitro benzene ring substituents is 1. The Labute approximate surface area is 252 Å². The molecule has 2 heterocycles. The van der Waals surface area contributed by atoms with Gasteiger partial charge in [-0.25, -0.2) is 14.8 Å². The lowest BCUT2D eigenvalue weighted by Crippen LogP contribution is -2.37. The van der Waals surface area contributed by atoms with E-state index in [4.69, 9.17) is 14.3 Å². The molecule has 0 unspecified atom stereocenters. The molecule has 2 amide bonds. The van der Waals surface area contributed by atoms with Crippen LogP contribution >= 0.6 is 0 Å². The molecular weight excluding hydrogens is 566 g/mol. The van der Waals surface area contributed by atoms with E-state index >= 15 is 0 Å². The Balaban J connectivity index is 1.32. The molecule has 222 valence electrons. The average molecular weight is 594 g/mol. The molecule has 0 aliphatic carbocycles. The molecular formula is C33H27N3O8. The summed E-state index contributed by atoms with van der Waals surface area (Å²) in [5.74, 6) is -1.61. The number of rotatable bonds is 9. The van der Waals surface area contributed by atoms with Crippen molar-refractivity contribution in [2.24, 2.45) is 5.92 Å². The molecule has 0 saturated carbocycles. The van der Waals surface area contributed by atoms with Gasteiger partial charge >= 0.3 is 5.97 Å². The predicted octanol–water partition coefficient (Wildman–Crippen LogP) is 5.65. The zero-order chi connectivity index (χ0) is 30.8. The number of nitro groups is 1. The standard InChI is InChI=1S/C33H27N3O8/c1-2-19-42-26-17-13-23(14-18-26)34-31(37)28-29(21-11-15-27(16-12-21)43-33(39)22-7-4-3-5-8-22)35(44-30(28)32(34)38)24-9-6-10-25(20-24)36(40)41/h3-18,20,28-30H,2,19H2,1H3/t28-,29+,30-/m0/s1. The third kappa shape index (κ3) is 5.36. The van der Waals surface area contributed by atoms with Crippen LogP contribution in [0.3, 0.4) is 0 Å². The number of esters is 1. The molecule has 0 radical (unpaired) electrons. The lowest BCUT2D eigenvalue weighted by Gasteiger charge is -2.28. The summed E-state index contributed by atoms with van der Waals surface area (Å²) < 4.78 is 11.1. The van der Waals surface area contributed by atoms with Crippen molar-refractivity contribution in [3.05, 3.63) is 124 Å². The second-order valence-corrected chi connectivity index (χ2v) is 10.3. The summed E-state index contributed by atoms with van der Waals surface area (Å²) in [6.07, 6.45) is -0.330. The minimum Gasteiger partial charge on any atom is -0.494 e. The molecule has 4 aromatic rings. The Hall–Kier alpha value is -5.55. The zero-order valence-electron chi connectivity index (χ0n) is 23.6. The normalized spacial score (nSPS) is 19.2. The maximum atomic E-state index is 13.9. The predicted molar refractivity (Wildman–Crippen MR) is 159 cm³/mol. The van der Waals surface area contributed by atoms with E-state index in [-0.39, 0.29) is 11.4 Å². The van der Waals surface area contributed by atoms with Gasteiger partial charge in [0.25, 0.3) is 11.6 Å². The number of hydrogen-bond acceptors (Lipinski definition) is 9. The number of hydroxylamine groups is 1. The molecule has 11 nitrogen and oxygen atoms in total. The molecule has 11 heteroatoms. The number of ether oxygens (including phenoxy) is 2. The number of amides is 2. The van der Waals surface area contributed by atoms with E-state index in [1.807, 2.05) is 6.92 Å². The number of hydrogen-bond donors (Lipinski definition) is 0. The molecule has 2 aliphatic heterocycles. The molecule has 44 heavy (non-hydrogen) atoms. The topological polar surface area (TPSA) is 129 Å². The Morgan fingerprint density at radius 3 is 2.25 bits per heavy atom. The third-order valence-corrected chi connectivity index (χ3v) is 7.42. The van der Waals surface area contributed by atoms with Crippen LogP contribution in [-0.2, 0) is 14.4 Å². The fourth-order valence-corrected chi connectivity index (χ4v) is 5.36. The van der Waals surface area contributed by atoms with E-state index in [2.05, 4.69) is 0 Å². The van der Waals surface area contributed by atoms with Crippen molar-refractivity contribution in [3.8, 4) is 11.5 Å². The quantitative estimate of drug-likeness (QED) is 0.0794. The highest BCUT2D eigenvalue weighted by molar-refractivity contribution is 6.24. The average Bonchev–Trinajstić information content (AvgIpc) is 3.56. The lowest BCUT2D eigenvalue weighted by molar-refractivity contribution is -0.384. The Kier molecular flexibility index (Phi) is 7.78. The first kappa shape index (κ1) is 28.6. The first-order chi connectivity index (χ1) is 21.4. The molecule has 2 aliphatic rings. The van der Waals surface area contributed by atoms with Gasteiger partial charge in [-0.2, -0.15) is 0 Å². The maximum Gasteiger partial charge on any atom is 0.343 e. The summed E-state index contributed by atoms with van der Waals surface area (Å²) in [5, 5.41) is 12.9. The number of imide groups is 1. The summed E-state index contributed by atoms with van der Waals surface area (Å²) in [6.45, 7) is 2.53. The van der Waals surface area contributed by atoms with Crippen LogP contribution in [0.2, 0.25) is 0 Å². The van der Waals surface area contributed by atoms with Gasteiger partial charge in [-0.1, -0.05) is 43.3 Å². The van der Waals surface area contributed by atoms with Gasteiger partial charge in [0.15, 0.2) is 6.10 Å². The molecule has 3 atom stereocenters. The molecule has 2 saturated heterocycles. The highest BCUT2D eigenvalue weighted by Crippen LogP contribution is 2.48. The van der Waals surface area contributed by atoms with Gasteiger partial charge in [-0.3, -0.25) is 24.5 Å². The summed E-state index contributed by atoms with van der Waals surface area (Å²) in [4.78, 5) is 58.4. The number of anilines is 2. The highest BCUT2D eigenvalue weighted by Gasteiger charge is 2.60. The number of carbonyl (C=O) groups excluding carboxylic acids is 3. The first-order valence-corrected chi connectivity index (χ1v) is 14.0. The Morgan fingerprint density at radius 1 is 0.864 bits per heavy atom. The molecule has 2 fully saturated rings. The summed E-state index contributed by atoms with van der Waals surface area (Å²) >= 11 is 0. The molecule has 0 bridgehead atoms. The van der Waals surface area contributed by atoms with Gasteiger partial charge in [0.05, 0.1) is 34.5 Å². The van der Waals surface area contributed by atoms with Crippen molar-refractivity contribution >= 4 is 34.8 Å². The number of nitrogens with zero attached hydrogens (tertiary/aromatic N) is 3. The van der Waals surface area contributed by atoms with Crippen LogP contribution in [0.4, 0.5) is 17.1 Å². The second-order valence-electron chi connectivity index (χ2n) is 10.3. The van der Waals surface area contributed by atoms with Gasteiger partial charge in [-0.15, -0.1) is 0 Å². The largest absolute Gasteiger partial charge is 0.494 e. The number of carbonyl (C=O) groups is 3. The van der Waals surface area contributed by atoms with Gasteiger partial charge in [0, 0.05) is 12.1 Å². The van der Waals surface area contributed by atoms with Crippen molar-refractivity contribution in [2.75, 3.05) is 16.6 Å². The third-order valence-electron chi connectivity index (χ3n) is 7.42. The monoisotopic (exact) mass is 593 g/mol. The zero-order valence-corrected chi connectivity index (χ0v) is 23.6. The molecule has 0 N–H and O–H groups in total. The Bertz CT molecular complexity index is 1710. The summed E-state index contributed by atoms with van der Waals surface area (Å²) in [5.41, 5.74) is 1.48. The minimum atomic E-state index is -1.17. The maximum absolute atomic E-state index is 13.9. The molecule has 4 aromatic carbocycles. The summed E-state index contributed by atoms with van der Waals surface area (Å²) in [7, 11) is 0. The van der Waals surface area contributed by atoms with Crippen molar-refractivity contribution in [1.29, 1.82) is 0 Å². The van der Waals surface area contributed by atoms with E-state index in [0.717, 1.165) is 11.3 Å².